The molecule has 1 heterocycles. The number of carbonyl (C=O) groups is 1. The van der Waals surface area contributed by atoms with E-state index in [9.17, 15) is 9.59 Å². The zero-order chi connectivity index (χ0) is 26.4. The number of hydrogen-bond donors (Lipinski definition) is 1. The molecule has 0 saturated heterocycles. The van der Waals surface area contributed by atoms with Crippen molar-refractivity contribution < 1.29 is 4.79 Å². The minimum atomic E-state index is -0.387. The Hall–Kier alpha value is -3.25. The van der Waals surface area contributed by atoms with E-state index in [-0.39, 0.29) is 29.3 Å². The number of benzene rings is 2. The quantitative estimate of drug-likeness (QED) is 0.424. The molecule has 0 spiro atoms. The van der Waals surface area contributed by atoms with Crippen LogP contribution in [-0.2, 0) is 6.54 Å². The largest absolute Gasteiger partial charge is 0.330 e. The van der Waals surface area contributed by atoms with Crippen LogP contribution in [-0.4, -0.2) is 33.4 Å². The number of hydrogen-bond acceptors (Lipinski definition) is 4. The van der Waals surface area contributed by atoms with Gasteiger partial charge in [0.1, 0.15) is 5.82 Å². The molecule has 3 aromatic rings. The highest BCUT2D eigenvalue weighted by Crippen LogP contribution is 2.30. The number of nitrogens with zero attached hydrogens (tertiary/aromatic N) is 3. The fourth-order valence-corrected chi connectivity index (χ4v) is 4.79. The van der Waals surface area contributed by atoms with Gasteiger partial charge in [-0.2, -0.15) is 0 Å². The van der Waals surface area contributed by atoms with Gasteiger partial charge in [0, 0.05) is 23.4 Å². The zero-order valence-electron chi connectivity index (χ0n) is 22.5. The van der Waals surface area contributed by atoms with E-state index >= 15 is 0 Å². The summed E-state index contributed by atoms with van der Waals surface area (Å²) in [5, 5.41) is 0. The first-order chi connectivity index (χ1) is 17.1. The first kappa shape index (κ1) is 27.3. The van der Waals surface area contributed by atoms with Crippen molar-refractivity contribution in [2.45, 2.75) is 66.5 Å². The normalized spacial score (nSPS) is 12.2. The summed E-state index contributed by atoms with van der Waals surface area (Å²) in [5.41, 5.74) is 10.0. The summed E-state index contributed by atoms with van der Waals surface area (Å²) in [6, 6.07) is 17.2. The molecule has 1 unspecified atom stereocenters. The van der Waals surface area contributed by atoms with Gasteiger partial charge in [-0.3, -0.25) is 14.2 Å². The summed E-state index contributed by atoms with van der Waals surface area (Å²) in [6.45, 7) is 13.4. The lowest BCUT2D eigenvalue weighted by Gasteiger charge is -2.36. The third-order valence-corrected chi connectivity index (χ3v) is 6.58. The van der Waals surface area contributed by atoms with Gasteiger partial charge in [-0.05, 0) is 56.3 Å². The van der Waals surface area contributed by atoms with Crippen LogP contribution >= 0.6 is 0 Å². The molecular formula is C30H40N4O2. The number of rotatable bonds is 10. The first-order valence-electron chi connectivity index (χ1n) is 12.9. The molecule has 2 N–H and O–H groups in total. The minimum absolute atomic E-state index is 0.0235. The minimum Gasteiger partial charge on any atom is -0.330 e. The van der Waals surface area contributed by atoms with E-state index in [2.05, 4.69) is 13.8 Å². The number of carbonyl (C=O) groups excluding carboxylic acids is 1. The molecule has 0 aliphatic rings. The van der Waals surface area contributed by atoms with Crippen molar-refractivity contribution >= 4 is 5.91 Å². The lowest BCUT2D eigenvalue weighted by atomic mass is 9.97. The van der Waals surface area contributed by atoms with Crippen molar-refractivity contribution in [3.8, 4) is 0 Å². The van der Waals surface area contributed by atoms with Gasteiger partial charge in [-0.25, -0.2) is 4.98 Å². The van der Waals surface area contributed by atoms with Crippen molar-refractivity contribution in [2.24, 2.45) is 11.7 Å². The smallest absolute Gasteiger partial charge is 0.257 e. The van der Waals surface area contributed by atoms with Crippen LogP contribution < -0.4 is 11.3 Å². The van der Waals surface area contributed by atoms with Crippen molar-refractivity contribution in [3.05, 3.63) is 98.7 Å². The van der Waals surface area contributed by atoms with Crippen LogP contribution in [0, 0.1) is 19.8 Å². The number of amides is 1. The maximum Gasteiger partial charge on any atom is 0.257 e. The van der Waals surface area contributed by atoms with Gasteiger partial charge in [0.25, 0.3) is 11.5 Å². The van der Waals surface area contributed by atoms with Crippen LogP contribution in [0.15, 0.2) is 59.4 Å². The maximum absolute atomic E-state index is 13.9. The molecule has 0 bridgehead atoms. The molecule has 0 aliphatic heterocycles. The molecule has 6 nitrogen and oxygen atoms in total. The summed E-state index contributed by atoms with van der Waals surface area (Å²) in [7, 11) is 0. The summed E-state index contributed by atoms with van der Waals surface area (Å²) >= 11 is 0. The predicted octanol–water partition coefficient (Wildman–Crippen LogP) is 5.22. The van der Waals surface area contributed by atoms with E-state index in [1.54, 1.807) is 4.57 Å². The van der Waals surface area contributed by atoms with Crippen molar-refractivity contribution in [2.75, 3.05) is 13.1 Å². The third kappa shape index (κ3) is 6.11. The molecule has 3 rings (SSSR count). The van der Waals surface area contributed by atoms with Gasteiger partial charge in [0.05, 0.1) is 12.6 Å². The first-order valence-corrected chi connectivity index (χ1v) is 12.9. The summed E-state index contributed by atoms with van der Waals surface area (Å²) in [5.74, 6) is 0.614. The second kappa shape index (κ2) is 12.1. The maximum atomic E-state index is 13.9. The molecule has 1 atom stereocenters. The van der Waals surface area contributed by atoms with Crippen LogP contribution in [0.3, 0.4) is 0 Å². The van der Waals surface area contributed by atoms with Gasteiger partial charge in [-0.1, -0.05) is 75.7 Å². The Labute approximate surface area is 215 Å². The fourth-order valence-electron chi connectivity index (χ4n) is 4.79. The van der Waals surface area contributed by atoms with E-state index in [1.807, 2.05) is 87.2 Å². The van der Waals surface area contributed by atoms with Crippen LogP contribution in [0.25, 0.3) is 0 Å². The molecule has 0 radical (unpaired) electrons. The second-order valence-corrected chi connectivity index (χ2v) is 10.2. The zero-order valence-corrected chi connectivity index (χ0v) is 22.5. The van der Waals surface area contributed by atoms with E-state index in [0.717, 1.165) is 22.4 Å². The van der Waals surface area contributed by atoms with Crippen molar-refractivity contribution in [1.29, 1.82) is 0 Å². The van der Waals surface area contributed by atoms with Gasteiger partial charge < -0.3 is 10.6 Å². The Bertz CT molecular complexity index is 1210. The number of aryl methyl sites for hydroxylation is 2. The standard InChI is InChI=1S/C30H40N4O2/c1-20(2)26-23(6)32-28(34(30(26)36)19-24-11-8-7-9-12-24)27(21(3)4)33(18-10-17-31)29(35)25-15-13-22(5)14-16-25/h7-9,11-16,20-21,27H,10,17-19,31H2,1-6H3. The Kier molecular flexibility index (Phi) is 9.21. The van der Waals surface area contributed by atoms with E-state index < -0.39 is 0 Å². The Morgan fingerprint density at radius 3 is 2.19 bits per heavy atom. The van der Waals surface area contributed by atoms with E-state index in [0.29, 0.717) is 37.4 Å². The van der Waals surface area contributed by atoms with Gasteiger partial charge in [-0.15, -0.1) is 0 Å². The highest BCUT2D eigenvalue weighted by Gasteiger charge is 2.33. The Morgan fingerprint density at radius 1 is 1.00 bits per heavy atom. The molecular weight excluding hydrogens is 448 g/mol. The summed E-state index contributed by atoms with van der Waals surface area (Å²) in [4.78, 5) is 34.7. The fraction of sp³-hybridized carbons (Fsp3) is 0.433. The molecule has 2 aromatic carbocycles. The Morgan fingerprint density at radius 2 is 1.64 bits per heavy atom. The summed E-state index contributed by atoms with van der Waals surface area (Å²) in [6.07, 6.45) is 0.660. The highest BCUT2D eigenvalue weighted by atomic mass is 16.2. The number of nitrogens with two attached hydrogens (primary N) is 1. The molecule has 1 aromatic heterocycles. The van der Waals surface area contributed by atoms with Crippen molar-refractivity contribution in [3.63, 3.8) is 0 Å². The topological polar surface area (TPSA) is 81.2 Å². The van der Waals surface area contributed by atoms with Crippen LogP contribution in [0.1, 0.15) is 84.6 Å². The van der Waals surface area contributed by atoms with E-state index in [4.69, 9.17) is 10.7 Å². The average molecular weight is 489 g/mol. The molecule has 0 aliphatic carbocycles. The molecule has 6 heteroatoms. The van der Waals surface area contributed by atoms with Gasteiger partial charge in [0.15, 0.2) is 0 Å². The molecule has 0 fully saturated rings. The predicted molar refractivity (Wildman–Crippen MR) is 146 cm³/mol. The third-order valence-electron chi connectivity index (χ3n) is 6.58. The lowest BCUT2D eigenvalue weighted by Crippen LogP contribution is -2.43. The SMILES string of the molecule is Cc1ccc(C(=O)N(CCCN)C(c2nc(C)c(C(C)C)c(=O)n2Cc2ccccc2)C(C)C)cc1. The van der Waals surface area contributed by atoms with Crippen LogP contribution in [0.5, 0.6) is 0 Å². The number of aromatic nitrogens is 2. The molecule has 192 valence electrons. The van der Waals surface area contributed by atoms with Crippen molar-refractivity contribution in [1.82, 2.24) is 14.5 Å². The second-order valence-electron chi connectivity index (χ2n) is 10.2. The van der Waals surface area contributed by atoms with Gasteiger partial charge in [0.2, 0.25) is 0 Å². The molecule has 36 heavy (non-hydrogen) atoms. The van der Waals surface area contributed by atoms with Crippen LogP contribution in [0.2, 0.25) is 0 Å². The Balaban J connectivity index is 2.22. The summed E-state index contributed by atoms with van der Waals surface area (Å²) < 4.78 is 1.78. The van der Waals surface area contributed by atoms with Gasteiger partial charge >= 0.3 is 0 Å². The average Bonchev–Trinajstić information content (AvgIpc) is 2.84. The van der Waals surface area contributed by atoms with E-state index in [1.165, 1.54) is 0 Å². The molecule has 0 saturated carbocycles. The van der Waals surface area contributed by atoms with Crippen LogP contribution in [0.4, 0.5) is 0 Å². The highest BCUT2D eigenvalue weighted by molar-refractivity contribution is 5.94. The molecule has 1 amide bonds. The lowest BCUT2D eigenvalue weighted by molar-refractivity contribution is 0.0601. The monoisotopic (exact) mass is 488 g/mol.